The van der Waals surface area contributed by atoms with Gasteiger partial charge in [0, 0.05) is 6.42 Å². The molecule has 0 aromatic heterocycles. The van der Waals surface area contributed by atoms with Crippen LogP contribution in [-0.4, -0.2) is 5.78 Å². The number of Topliss-reactive ketones (excluding diaryl/α,β-unsaturated/α-hetero) is 1. The van der Waals surface area contributed by atoms with Crippen LogP contribution in [0, 0.1) is 5.92 Å². The first-order chi connectivity index (χ1) is 6.02. The van der Waals surface area contributed by atoms with E-state index in [4.69, 9.17) is 0 Å². The predicted octanol–water partition coefficient (Wildman–Crippen LogP) is 3.74. The van der Waals surface area contributed by atoms with E-state index in [1.54, 1.807) is 6.92 Å². The van der Waals surface area contributed by atoms with E-state index >= 15 is 0 Å². The summed E-state index contributed by atoms with van der Waals surface area (Å²) in [7, 11) is 0. The van der Waals surface area contributed by atoms with E-state index in [0.29, 0.717) is 6.42 Å². The molecule has 0 atom stereocenters. The highest BCUT2D eigenvalue weighted by molar-refractivity contribution is 5.75. The fourth-order valence-corrected chi connectivity index (χ4v) is 1.14. The van der Waals surface area contributed by atoms with Crippen molar-refractivity contribution in [3.05, 3.63) is 11.6 Å². The SMILES string of the molecule is CC(=O)CC/C=C(\C)CCC(C)C. The second kappa shape index (κ2) is 6.88. The van der Waals surface area contributed by atoms with Crippen LogP contribution >= 0.6 is 0 Å². The third kappa shape index (κ3) is 9.32. The summed E-state index contributed by atoms with van der Waals surface area (Å²) in [4.78, 5) is 10.7. The minimum Gasteiger partial charge on any atom is -0.300 e. The first kappa shape index (κ1) is 12.4. The van der Waals surface area contributed by atoms with E-state index in [-0.39, 0.29) is 5.78 Å². The minimum absolute atomic E-state index is 0.285. The van der Waals surface area contributed by atoms with Crippen LogP contribution in [0.1, 0.15) is 53.4 Å². The summed E-state index contributed by atoms with van der Waals surface area (Å²) in [6.45, 7) is 8.28. The van der Waals surface area contributed by atoms with E-state index in [1.165, 1.54) is 18.4 Å². The Hall–Kier alpha value is -0.590. The summed E-state index contributed by atoms with van der Waals surface area (Å²) in [5.74, 6) is 1.06. The van der Waals surface area contributed by atoms with Crippen LogP contribution in [0.2, 0.25) is 0 Å². The Balaban J connectivity index is 3.57. The lowest BCUT2D eigenvalue weighted by Crippen LogP contribution is -1.90. The fraction of sp³-hybridized carbons (Fsp3) is 0.750. The number of hydrogen-bond donors (Lipinski definition) is 0. The van der Waals surface area contributed by atoms with Crippen molar-refractivity contribution in [2.75, 3.05) is 0 Å². The quantitative estimate of drug-likeness (QED) is 0.572. The Labute approximate surface area is 82.2 Å². The average Bonchev–Trinajstić information content (AvgIpc) is 2.00. The highest BCUT2D eigenvalue weighted by Crippen LogP contribution is 2.11. The predicted molar refractivity (Wildman–Crippen MR) is 57.7 cm³/mol. The maximum Gasteiger partial charge on any atom is 0.130 e. The van der Waals surface area contributed by atoms with Gasteiger partial charge in [-0.25, -0.2) is 0 Å². The molecule has 0 bridgehead atoms. The average molecular weight is 182 g/mol. The van der Waals surface area contributed by atoms with Crippen molar-refractivity contribution < 1.29 is 4.79 Å². The van der Waals surface area contributed by atoms with Crippen LogP contribution in [0.15, 0.2) is 11.6 Å². The monoisotopic (exact) mass is 182 g/mol. The zero-order valence-corrected chi connectivity index (χ0v) is 9.39. The molecule has 76 valence electrons. The molecular weight excluding hydrogens is 160 g/mol. The molecule has 0 rings (SSSR count). The van der Waals surface area contributed by atoms with Gasteiger partial charge in [0.1, 0.15) is 5.78 Å². The van der Waals surface area contributed by atoms with E-state index in [2.05, 4.69) is 26.8 Å². The lowest BCUT2D eigenvalue weighted by atomic mass is 10.0. The Bertz CT molecular complexity index is 178. The van der Waals surface area contributed by atoms with Crippen molar-refractivity contribution in [1.82, 2.24) is 0 Å². The second-order valence-electron chi connectivity index (χ2n) is 4.22. The Morgan fingerprint density at radius 2 is 1.85 bits per heavy atom. The van der Waals surface area contributed by atoms with Crippen molar-refractivity contribution in [3.8, 4) is 0 Å². The molecule has 0 saturated carbocycles. The summed E-state index contributed by atoms with van der Waals surface area (Å²) in [6.07, 6.45) is 6.24. The number of carbonyl (C=O) groups excluding carboxylic acids is 1. The maximum absolute atomic E-state index is 10.7. The molecule has 0 aromatic carbocycles. The third-order valence-electron chi connectivity index (χ3n) is 2.11. The van der Waals surface area contributed by atoms with Crippen molar-refractivity contribution >= 4 is 5.78 Å². The van der Waals surface area contributed by atoms with Crippen LogP contribution in [0.4, 0.5) is 0 Å². The molecule has 0 aliphatic rings. The van der Waals surface area contributed by atoms with Crippen molar-refractivity contribution in [3.63, 3.8) is 0 Å². The summed E-state index contributed by atoms with van der Waals surface area (Å²) in [6, 6.07) is 0. The Morgan fingerprint density at radius 1 is 1.23 bits per heavy atom. The topological polar surface area (TPSA) is 17.1 Å². The van der Waals surface area contributed by atoms with Gasteiger partial charge in [0.25, 0.3) is 0 Å². The molecule has 0 spiro atoms. The zero-order valence-electron chi connectivity index (χ0n) is 9.39. The van der Waals surface area contributed by atoms with Crippen LogP contribution in [-0.2, 0) is 4.79 Å². The Kier molecular flexibility index (Phi) is 6.56. The zero-order chi connectivity index (χ0) is 10.3. The van der Waals surface area contributed by atoms with Gasteiger partial charge < -0.3 is 4.79 Å². The lowest BCUT2D eigenvalue weighted by Gasteiger charge is -2.04. The van der Waals surface area contributed by atoms with Crippen LogP contribution in [0.5, 0.6) is 0 Å². The van der Waals surface area contributed by atoms with Gasteiger partial charge in [0.2, 0.25) is 0 Å². The molecule has 1 heteroatoms. The summed E-state index contributed by atoms with van der Waals surface area (Å²) in [5.41, 5.74) is 1.43. The highest BCUT2D eigenvalue weighted by atomic mass is 16.1. The van der Waals surface area contributed by atoms with Gasteiger partial charge in [-0.15, -0.1) is 0 Å². The minimum atomic E-state index is 0.285. The molecule has 0 N–H and O–H groups in total. The number of rotatable bonds is 6. The summed E-state index contributed by atoms with van der Waals surface area (Å²) in [5, 5.41) is 0. The van der Waals surface area contributed by atoms with Gasteiger partial charge >= 0.3 is 0 Å². The molecule has 0 aliphatic carbocycles. The van der Waals surface area contributed by atoms with Crippen LogP contribution in [0.25, 0.3) is 0 Å². The molecule has 0 unspecified atom stereocenters. The van der Waals surface area contributed by atoms with Crippen molar-refractivity contribution in [2.45, 2.75) is 53.4 Å². The van der Waals surface area contributed by atoms with Crippen molar-refractivity contribution in [1.29, 1.82) is 0 Å². The molecule has 13 heavy (non-hydrogen) atoms. The number of hydrogen-bond acceptors (Lipinski definition) is 1. The molecule has 0 heterocycles. The van der Waals surface area contributed by atoms with Gasteiger partial charge in [-0.1, -0.05) is 25.5 Å². The Morgan fingerprint density at radius 3 is 2.31 bits per heavy atom. The van der Waals surface area contributed by atoms with Gasteiger partial charge in [-0.3, -0.25) is 0 Å². The molecule has 0 aliphatic heterocycles. The van der Waals surface area contributed by atoms with E-state index < -0.39 is 0 Å². The highest BCUT2D eigenvalue weighted by Gasteiger charge is 1.95. The van der Waals surface area contributed by atoms with Crippen molar-refractivity contribution in [2.24, 2.45) is 5.92 Å². The molecule has 0 fully saturated rings. The second-order valence-corrected chi connectivity index (χ2v) is 4.22. The van der Waals surface area contributed by atoms with Gasteiger partial charge in [-0.2, -0.15) is 0 Å². The summed E-state index contributed by atoms with van der Waals surface area (Å²) < 4.78 is 0. The van der Waals surface area contributed by atoms with Gasteiger partial charge in [0.05, 0.1) is 0 Å². The van der Waals surface area contributed by atoms with E-state index in [1.807, 2.05) is 0 Å². The standard InChI is InChI=1S/C12H22O/c1-10(2)8-9-11(3)6-5-7-12(4)13/h6,10H,5,7-9H2,1-4H3/b11-6+. The fourth-order valence-electron chi connectivity index (χ4n) is 1.14. The van der Waals surface area contributed by atoms with Crippen LogP contribution in [0.3, 0.4) is 0 Å². The molecule has 1 nitrogen and oxygen atoms in total. The molecule has 0 saturated heterocycles. The first-order valence-corrected chi connectivity index (χ1v) is 5.17. The van der Waals surface area contributed by atoms with Crippen LogP contribution < -0.4 is 0 Å². The molecule has 0 radical (unpaired) electrons. The smallest absolute Gasteiger partial charge is 0.130 e. The molecule has 0 aromatic rings. The van der Waals surface area contributed by atoms with E-state index in [9.17, 15) is 4.79 Å². The third-order valence-corrected chi connectivity index (χ3v) is 2.11. The molecule has 0 amide bonds. The largest absolute Gasteiger partial charge is 0.300 e. The number of carbonyl (C=O) groups is 1. The van der Waals surface area contributed by atoms with Gasteiger partial charge in [-0.05, 0) is 39.0 Å². The number of ketones is 1. The molecular formula is C12H22O. The summed E-state index contributed by atoms with van der Waals surface area (Å²) >= 11 is 0. The number of allylic oxidation sites excluding steroid dienone is 2. The normalized spacial score (nSPS) is 12.2. The van der Waals surface area contributed by atoms with E-state index in [0.717, 1.165) is 12.3 Å². The van der Waals surface area contributed by atoms with Gasteiger partial charge in [0.15, 0.2) is 0 Å². The maximum atomic E-state index is 10.7. The lowest BCUT2D eigenvalue weighted by molar-refractivity contribution is -0.116. The first-order valence-electron chi connectivity index (χ1n) is 5.17.